The molecule has 1 saturated heterocycles. The fourth-order valence-electron chi connectivity index (χ4n) is 2.11. The highest BCUT2D eigenvalue weighted by Gasteiger charge is 2.20. The van der Waals surface area contributed by atoms with E-state index in [1.807, 2.05) is 12.1 Å². The monoisotopic (exact) mass is 322 g/mol. The molecule has 0 radical (unpaired) electrons. The fraction of sp³-hybridized carbons (Fsp3) is 0.500. The lowest BCUT2D eigenvalue weighted by Gasteiger charge is -2.33. The zero-order chi connectivity index (χ0) is 11.5. The van der Waals surface area contributed by atoms with Gasteiger partial charge in [-0.25, -0.2) is 4.39 Å². The molecule has 0 saturated carbocycles. The lowest BCUT2D eigenvalue weighted by Crippen LogP contribution is -2.44. The molecule has 96 valence electrons. The average molecular weight is 324 g/mol. The Morgan fingerprint density at radius 2 is 2.00 bits per heavy atom. The molecule has 1 aliphatic heterocycles. The summed E-state index contributed by atoms with van der Waals surface area (Å²) >= 11 is 3.28. The Kier molecular flexibility index (Phi) is 5.86. The maximum Gasteiger partial charge on any atom is 0.129 e. The molecular weight excluding hydrogens is 307 g/mol. The van der Waals surface area contributed by atoms with E-state index in [0.29, 0.717) is 0 Å². The zero-order valence-corrected chi connectivity index (χ0v) is 12.2. The molecule has 17 heavy (non-hydrogen) atoms. The molecule has 0 aromatic heterocycles. The Hall–Kier alpha value is -0.160. The summed E-state index contributed by atoms with van der Waals surface area (Å²) in [6.45, 7) is 6.01. The van der Waals surface area contributed by atoms with Gasteiger partial charge in [0.2, 0.25) is 0 Å². The van der Waals surface area contributed by atoms with Crippen LogP contribution < -0.4 is 5.32 Å². The van der Waals surface area contributed by atoms with Gasteiger partial charge in [-0.05, 0) is 19.1 Å². The topological polar surface area (TPSA) is 15.3 Å². The molecule has 2 nitrogen and oxygen atoms in total. The molecule has 1 aliphatic rings. The largest absolute Gasteiger partial charge is 0.314 e. The van der Waals surface area contributed by atoms with Crippen LogP contribution in [0, 0.1) is 5.82 Å². The van der Waals surface area contributed by atoms with Gasteiger partial charge in [-0.15, -0.1) is 12.4 Å². The first-order chi connectivity index (χ1) is 7.68. The van der Waals surface area contributed by atoms with Crippen LogP contribution in [-0.2, 0) is 0 Å². The van der Waals surface area contributed by atoms with E-state index in [4.69, 9.17) is 0 Å². The molecule has 0 aliphatic carbocycles. The van der Waals surface area contributed by atoms with Crippen LogP contribution in [-0.4, -0.2) is 31.1 Å². The Bertz CT molecular complexity index is 370. The van der Waals surface area contributed by atoms with Crippen molar-refractivity contribution in [1.29, 1.82) is 0 Å². The number of piperazine rings is 1. The van der Waals surface area contributed by atoms with Gasteiger partial charge >= 0.3 is 0 Å². The van der Waals surface area contributed by atoms with Crippen molar-refractivity contribution >= 4 is 28.3 Å². The lowest BCUT2D eigenvalue weighted by molar-refractivity contribution is 0.182. The van der Waals surface area contributed by atoms with Crippen molar-refractivity contribution in [2.75, 3.05) is 26.2 Å². The summed E-state index contributed by atoms with van der Waals surface area (Å²) < 4.78 is 14.6. The molecule has 1 heterocycles. The van der Waals surface area contributed by atoms with Crippen LogP contribution >= 0.6 is 28.3 Å². The van der Waals surface area contributed by atoms with E-state index in [2.05, 4.69) is 33.1 Å². The summed E-state index contributed by atoms with van der Waals surface area (Å²) in [6.07, 6.45) is 0. The molecule has 1 aromatic carbocycles. The summed E-state index contributed by atoms with van der Waals surface area (Å²) in [5.41, 5.74) is 0.783. The lowest BCUT2D eigenvalue weighted by atomic mass is 10.1. The van der Waals surface area contributed by atoms with E-state index in [0.717, 1.165) is 36.2 Å². The summed E-state index contributed by atoms with van der Waals surface area (Å²) in [5.74, 6) is -0.125. The molecule has 1 atom stereocenters. The van der Waals surface area contributed by atoms with E-state index >= 15 is 0 Å². The highest BCUT2D eigenvalue weighted by atomic mass is 79.9. The van der Waals surface area contributed by atoms with Crippen molar-refractivity contribution in [2.45, 2.75) is 13.0 Å². The summed E-state index contributed by atoms with van der Waals surface area (Å²) in [5, 5.41) is 3.30. The highest BCUT2D eigenvalue weighted by molar-refractivity contribution is 9.10. The minimum absolute atomic E-state index is 0. The number of halogens is 3. The third-order valence-corrected chi connectivity index (χ3v) is 3.61. The Balaban J connectivity index is 0.00000144. The van der Waals surface area contributed by atoms with E-state index in [1.54, 1.807) is 0 Å². The quantitative estimate of drug-likeness (QED) is 0.900. The molecule has 2 rings (SSSR count). The van der Waals surface area contributed by atoms with Crippen LogP contribution in [0.2, 0.25) is 0 Å². The minimum atomic E-state index is -0.125. The second-order valence-electron chi connectivity index (χ2n) is 4.13. The first kappa shape index (κ1) is 14.9. The first-order valence-electron chi connectivity index (χ1n) is 5.58. The number of hydrogen-bond donors (Lipinski definition) is 1. The number of benzene rings is 1. The third-order valence-electron chi connectivity index (χ3n) is 3.11. The van der Waals surface area contributed by atoms with Gasteiger partial charge in [0.05, 0.1) is 0 Å². The van der Waals surface area contributed by atoms with Crippen LogP contribution in [0.1, 0.15) is 18.5 Å². The SMILES string of the molecule is C[C@H](c1ccc(Br)cc1F)N1CCNCC1.Cl. The summed E-state index contributed by atoms with van der Waals surface area (Å²) in [7, 11) is 0. The molecular formula is C12H17BrClFN2. The van der Waals surface area contributed by atoms with E-state index < -0.39 is 0 Å². The number of nitrogens with zero attached hydrogens (tertiary/aromatic N) is 1. The Morgan fingerprint density at radius 1 is 1.35 bits per heavy atom. The number of rotatable bonds is 2. The van der Waals surface area contributed by atoms with Crippen LogP contribution in [0.15, 0.2) is 22.7 Å². The maximum atomic E-state index is 13.8. The van der Waals surface area contributed by atoms with Crippen LogP contribution in [0.5, 0.6) is 0 Å². The predicted octanol–water partition coefficient (Wildman–Crippen LogP) is 2.98. The van der Waals surface area contributed by atoms with Gasteiger partial charge < -0.3 is 5.32 Å². The second-order valence-corrected chi connectivity index (χ2v) is 5.04. The standard InChI is InChI=1S/C12H16BrFN2.ClH/c1-9(16-6-4-15-5-7-16)11-3-2-10(13)8-12(11)14;/h2-3,8-9,15H,4-7H2,1H3;1H/t9-;/m1./s1. The van der Waals surface area contributed by atoms with Gasteiger partial charge in [0.15, 0.2) is 0 Å². The van der Waals surface area contributed by atoms with Gasteiger partial charge in [-0.2, -0.15) is 0 Å². The van der Waals surface area contributed by atoms with Crippen molar-refractivity contribution in [3.8, 4) is 0 Å². The van der Waals surface area contributed by atoms with Crippen LogP contribution in [0.4, 0.5) is 4.39 Å². The molecule has 1 fully saturated rings. The van der Waals surface area contributed by atoms with Crippen LogP contribution in [0.25, 0.3) is 0 Å². The third kappa shape index (κ3) is 3.65. The molecule has 1 N–H and O–H groups in total. The number of hydrogen-bond acceptors (Lipinski definition) is 2. The van der Waals surface area contributed by atoms with E-state index in [-0.39, 0.29) is 24.3 Å². The molecule has 0 spiro atoms. The maximum absolute atomic E-state index is 13.8. The van der Waals surface area contributed by atoms with Gasteiger partial charge in [-0.3, -0.25) is 4.90 Å². The first-order valence-corrected chi connectivity index (χ1v) is 6.37. The Morgan fingerprint density at radius 3 is 2.59 bits per heavy atom. The summed E-state index contributed by atoms with van der Waals surface area (Å²) in [4.78, 5) is 2.31. The minimum Gasteiger partial charge on any atom is -0.314 e. The average Bonchev–Trinajstić information content (AvgIpc) is 2.29. The van der Waals surface area contributed by atoms with Crippen molar-refractivity contribution < 1.29 is 4.39 Å². The molecule has 0 bridgehead atoms. The van der Waals surface area contributed by atoms with Gasteiger partial charge in [-0.1, -0.05) is 22.0 Å². The van der Waals surface area contributed by atoms with Crippen molar-refractivity contribution in [3.63, 3.8) is 0 Å². The highest BCUT2D eigenvalue weighted by Crippen LogP contribution is 2.25. The molecule has 1 aromatic rings. The molecule has 0 unspecified atom stereocenters. The summed E-state index contributed by atoms with van der Waals surface area (Å²) in [6, 6.07) is 5.45. The van der Waals surface area contributed by atoms with E-state index in [9.17, 15) is 4.39 Å². The molecule has 0 amide bonds. The zero-order valence-electron chi connectivity index (χ0n) is 9.75. The Labute approximate surface area is 116 Å². The fourth-order valence-corrected chi connectivity index (χ4v) is 2.44. The van der Waals surface area contributed by atoms with Crippen LogP contribution in [0.3, 0.4) is 0 Å². The van der Waals surface area contributed by atoms with Crippen molar-refractivity contribution in [3.05, 3.63) is 34.1 Å². The van der Waals surface area contributed by atoms with E-state index in [1.165, 1.54) is 6.07 Å². The molecule has 5 heteroatoms. The van der Waals surface area contributed by atoms with Crippen molar-refractivity contribution in [1.82, 2.24) is 10.2 Å². The van der Waals surface area contributed by atoms with Gasteiger partial charge in [0, 0.05) is 42.3 Å². The predicted molar refractivity (Wildman–Crippen MR) is 74.2 cm³/mol. The normalized spacial score (nSPS) is 18.5. The second kappa shape index (κ2) is 6.69. The van der Waals surface area contributed by atoms with Gasteiger partial charge in [0.1, 0.15) is 5.82 Å². The number of nitrogens with one attached hydrogen (secondary N) is 1. The smallest absolute Gasteiger partial charge is 0.129 e. The van der Waals surface area contributed by atoms with Crippen molar-refractivity contribution in [2.24, 2.45) is 0 Å². The van der Waals surface area contributed by atoms with Gasteiger partial charge in [0.25, 0.3) is 0 Å².